The minimum absolute atomic E-state index is 0.0166. The first kappa shape index (κ1) is 12.5. The van der Waals surface area contributed by atoms with E-state index in [1.807, 2.05) is 0 Å². The lowest BCUT2D eigenvalue weighted by atomic mass is 10.1. The van der Waals surface area contributed by atoms with Gasteiger partial charge in [-0.15, -0.1) is 0 Å². The van der Waals surface area contributed by atoms with Gasteiger partial charge in [0.2, 0.25) is 5.91 Å². The molecule has 1 fully saturated rings. The van der Waals surface area contributed by atoms with Crippen molar-refractivity contribution in [2.45, 2.75) is 6.92 Å². The van der Waals surface area contributed by atoms with Gasteiger partial charge < -0.3 is 9.80 Å². The maximum Gasteiger partial charge on any atom is 0.257 e. The number of hydrogen-bond donors (Lipinski definition) is 0. The van der Waals surface area contributed by atoms with Gasteiger partial charge in [0.25, 0.3) is 5.91 Å². The van der Waals surface area contributed by atoms with Gasteiger partial charge in [0.05, 0.1) is 5.56 Å². The molecule has 0 aromatic heterocycles. The lowest BCUT2D eigenvalue weighted by Gasteiger charge is -2.32. The van der Waals surface area contributed by atoms with Crippen molar-refractivity contribution in [1.82, 2.24) is 9.80 Å². The predicted octanol–water partition coefficient (Wildman–Crippen LogP) is 1.05. The number of likely N-dealkylation sites (N-methyl/N-ethyl adjacent to an activating group) is 1. The fraction of sp³-hybridized carbons (Fsp3) is 0.385. The summed E-state index contributed by atoms with van der Waals surface area (Å²) >= 11 is 0. The number of amides is 2. The molecular weight excluding hydrogens is 235 g/mol. The van der Waals surface area contributed by atoms with Crippen LogP contribution in [0.25, 0.3) is 0 Å². The Morgan fingerprint density at radius 3 is 2.72 bits per heavy atom. The van der Waals surface area contributed by atoms with Gasteiger partial charge in [-0.2, -0.15) is 0 Å². The summed E-state index contributed by atoms with van der Waals surface area (Å²) in [5.74, 6) is -1.05. The number of benzene rings is 1. The van der Waals surface area contributed by atoms with Crippen molar-refractivity contribution in [3.8, 4) is 0 Å². The van der Waals surface area contributed by atoms with Crippen LogP contribution in [-0.4, -0.2) is 48.3 Å². The highest BCUT2D eigenvalue weighted by Crippen LogP contribution is 2.15. The van der Waals surface area contributed by atoms with Crippen LogP contribution in [0.2, 0.25) is 0 Å². The molecule has 0 radical (unpaired) electrons. The minimum atomic E-state index is -0.506. The Morgan fingerprint density at radius 1 is 1.33 bits per heavy atom. The zero-order valence-corrected chi connectivity index (χ0v) is 10.4. The van der Waals surface area contributed by atoms with Crippen molar-refractivity contribution in [3.05, 3.63) is 35.1 Å². The molecule has 0 atom stereocenters. The molecular formula is C13H15FN2O2. The molecule has 2 amide bonds. The lowest BCUT2D eigenvalue weighted by molar-refractivity contribution is -0.133. The smallest absolute Gasteiger partial charge is 0.257 e. The summed E-state index contributed by atoms with van der Waals surface area (Å²) in [6.07, 6.45) is 0. The number of rotatable bonds is 1. The van der Waals surface area contributed by atoms with Crippen LogP contribution in [-0.2, 0) is 4.79 Å². The molecule has 1 aliphatic rings. The van der Waals surface area contributed by atoms with Gasteiger partial charge in [-0.25, -0.2) is 4.39 Å². The number of nitrogens with zero attached hydrogens (tertiary/aromatic N) is 2. The Bertz CT molecular complexity index is 502. The molecule has 5 heteroatoms. The SMILES string of the molecule is Cc1cccc(C(=O)N2CCN(C)C(=O)C2)c1F. The Morgan fingerprint density at radius 2 is 2.06 bits per heavy atom. The van der Waals surface area contributed by atoms with Crippen molar-refractivity contribution in [2.75, 3.05) is 26.7 Å². The van der Waals surface area contributed by atoms with Crippen molar-refractivity contribution in [2.24, 2.45) is 0 Å². The summed E-state index contributed by atoms with van der Waals surface area (Å²) in [5.41, 5.74) is 0.466. The van der Waals surface area contributed by atoms with E-state index >= 15 is 0 Å². The fourth-order valence-electron chi connectivity index (χ4n) is 1.91. The highest BCUT2D eigenvalue weighted by molar-refractivity contribution is 5.97. The van der Waals surface area contributed by atoms with Gasteiger partial charge in [0, 0.05) is 20.1 Å². The Balaban J connectivity index is 2.22. The van der Waals surface area contributed by atoms with Crippen LogP contribution in [0.3, 0.4) is 0 Å². The van der Waals surface area contributed by atoms with Crippen LogP contribution in [0.4, 0.5) is 4.39 Å². The van der Waals surface area contributed by atoms with Crippen LogP contribution in [0.5, 0.6) is 0 Å². The first-order valence-corrected chi connectivity index (χ1v) is 5.79. The van der Waals surface area contributed by atoms with Gasteiger partial charge in [0.15, 0.2) is 0 Å². The summed E-state index contributed by atoms with van der Waals surface area (Å²) < 4.78 is 13.8. The van der Waals surface area contributed by atoms with Crippen LogP contribution in [0, 0.1) is 12.7 Å². The van der Waals surface area contributed by atoms with E-state index in [1.165, 1.54) is 11.0 Å². The second-order valence-corrected chi connectivity index (χ2v) is 4.48. The first-order valence-electron chi connectivity index (χ1n) is 5.79. The highest BCUT2D eigenvalue weighted by Gasteiger charge is 2.27. The van der Waals surface area contributed by atoms with Crippen molar-refractivity contribution < 1.29 is 14.0 Å². The zero-order valence-electron chi connectivity index (χ0n) is 10.4. The van der Waals surface area contributed by atoms with E-state index in [4.69, 9.17) is 0 Å². The van der Waals surface area contributed by atoms with E-state index < -0.39 is 11.7 Å². The first-order chi connectivity index (χ1) is 8.50. The van der Waals surface area contributed by atoms with Crippen LogP contribution in [0.1, 0.15) is 15.9 Å². The van der Waals surface area contributed by atoms with E-state index in [9.17, 15) is 14.0 Å². The molecule has 0 unspecified atom stereocenters. The third-order valence-corrected chi connectivity index (χ3v) is 3.17. The molecule has 1 aromatic carbocycles. The molecule has 0 aliphatic carbocycles. The predicted molar refractivity (Wildman–Crippen MR) is 64.7 cm³/mol. The number of carbonyl (C=O) groups excluding carboxylic acids is 2. The molecule has 0 N–H and O–H groups in total. The van der Waals surface area contributed by atoms with E-state index in [0.717, 1.165) is 0 Å². The number of aryl methyl sites for hydroxylation is 1. The summed E-state index contributed by atoms with van der Waals surface area (Å²) in [5, 5.41) is 0. The second-order valence-electron chi connectivity index (χ2n) is 4.48. The maximum atomic E-state index is 13.8. The molecule has 1 aromatic rings. The standard InChI is InChI=1S/C13H15FN2O2/c1-9-4-3-5-10(12(9)14)13(18)16-7-6-15(2)11(17)8-16/h3-5H,6-8H2,1-2H3. The number of carbonyl (C=O) groups is 2. The molecule has 0 saturated carbocycles. The van der Waals surface area contributed by atoms with Gasteiger partial charge in [-0.1, -0.05) is 12.1 Å². The van der Waals surface area contributed by atoms with E-state index in [-0.39, 0.29) is 18.0 Å². The van der Waals surface area contributed by atoms with Gasteiger partial charge in [-0.05, 0) is 18.6 Å². The molecule has 96 valence electrons. The molecule has 2 rings (SSSR count). The Labute approximate surface area is 105 Å². The number of piperazine rings is 1. The molecule has 0 bridgehead atoms. The molecule has 1 heterocycles. The van der Waals surface area contributed by atoms with E-state index in [0.29, 0.717) is 18.7 Å². The largest absolute Gasteiger partial charge is 0.342 e. The highest BCUT2D eigenvalue weighted by atomic mass is 19.1. The average molecular weight is 250 g/mol. The van der Waals surface area contributed by atoms with Gasteiger partial charge in [-0.3, -0.25) is 9.59 Å². The van der Waals surface area contributed by atoms with Crippen molar-refractivity contribution in [3.63, 3.8) is 0 Å². The second kappa shape index (κ2) is 4.76. The van der Waals surface area contributed by atoms with Gasteiger partial charge in [0.1, 0.15) is 12.4 Å². The third-order valence-electron chi connectivity index (χ3n) is 3.17. The molecule has 1 aliphatic heterocycles. The van der Waals surface area contributed by atoms with Gasteiger partial charge >= 0.3 is 0 Å². The van der Waals surface area contributed by atoms with Crippen LogP contribution >= 0.6 is 0 Å². The zero-order chi connectivity index (χ0) is 13.3. The lowest BCUT2D eigenvalue weighted by Crippen LogP contribution is -2.50. The fourth-order valence-corrected chi connectivity index (χ4v) is 1.91. The summed E-state index contributed by atoms with van der Waals surface area (Å²) in [4.78, 5) is 26.6. The van der Waals surface area contributed by atoms with Crippen LogP contribution < -0.4 is 0 Å². The third kappa shape index (κ3) is 2.20. The Kier molecular flexibility index (Phi) is 3.32. The summed E-state index contributed by atoms with van der Waals surface area (Å²) in [6.45, 7) is 2.55. The summed E-state index contributed by atoms with van der Waals surface area (Å²) in [7, 11) is 1.69. The molecule has 4 nitrogen and oxygen atoms in total. The summed E-state index contributed by atoms with van der Waals surface area (Å²) in [6, 6.07) is 4.71. The van der Waals surface area contributed by atoms with Crippen molar-refractivity contribution >= 4 is 11.8 Å². The number of halogens is 1. The molecule has 1 saturated heterocycles. The van der Waals surface area contributed by atoms with Crippen LogP contribution in [0.15, 0.2) is 18.2 Å². The van der Waals surface area contributed by atoms with E-state index in [2.05, 4.69) is 0 Å². The monoisotopic (exact) mass is 250 g/mol. The minimum Gasteiger partial charge on any atom is -0.342 e. The normalized spacial score (nSPS) is 16.1. The quantitative estimate of drug-likeness (QED) is 0.747. The molecule has 18 heavy (non-hydrogen) atoms. The van der Waals surface area contributed by atoms with E-state index in [1.54, 1.807) is 31.0 Å². The topological polar surface area (TPSA) is 40.6 Å². The average Bonchev–Trinajstić information content (AvgIpc) is 2.35. The van der Waals surface area contributed by atoms with Crippen molar-refractivity contribution in [1.29, 1.82) is 0 Å². The number of hydrogen-bond acceptors (Lipinski definition) is 2. The Hall–Kier alpha value is -1.91. The maximum absolute atomic E-state index is 13.8. The molecule has 0 spiro atoms.